The number of aromatic nitrogens is 3. The van der Waals surface area contributed by atoms with Crippen molar-refractivity contribution in [3.8, 4) is 10.7 Å². The Kier molecular flexibility index (Phi) is 5.98. The average Bonchev–Trinajstić information content (AvgIpc) is 3.02. The van der Waals surface area contributed by atoms with Gasteiger partial charge in [-0.2, -0.15) is 0 Å². The lowest BCUT2D eigenvalue weighted by atomic mass is 10.3. The number of hydrogen-bond donors (Lipinski definition) is 2. The summed E-state index contributed by atoms with van der Waals surface area (Å²) in [7, 11) is 3.23. The van der Waals surface area contributed by atoms with Gasteiger partial charge in [0.05, 0.1) is 18.4 Å². The smallest absolute Gasteiger partial charge is 0.317 e. The molecule has 0 saturated carbocycles. The molecular formula is C14H18N6O2S. The third-order valence-electron chi connectivity index (χ3n) is 2.84. The molecule has 3 amide bonds. The Labute approximate surface area is 138 Å². The van der Waals surface area contributed by atoms with Crippen molar-refractivity contribution in [3.63, 3.8) is 0 Å². The van der Waals surface area contributed by atoms with Crippen molar-refractivity contribution in [2.24, 2.45) is 0 Å². The summed E-state index contributed by atoms with van der Waals surface area (Å²) < 4.78 is 0. The van der Waals surface area contributed by atoms with E-state index < -0.39 is 0 Å². The van der Waals surface area contributed by atoms with Gasteiger partial charge < -0.3 is 15.5 Å². The van der Waals surface area contributed by atoms with Gasteiger partial charge in [-0.15, -0.1) is 11.3 Å². The first-order valence-electron chi connectivity index (χ1n) is 6.99. The summed E-state index contributed by atoms with van der Waals surface area (Å²) >= 11 is 1.49. The van der Waals surface area contributed by atoms with Crippen LogP contribution in [0, 0.1) is 0 Å². The quantitative estimate of drug-likeness (QED) is 0.803. The summed E-state index contributed by atoms with van der Waals surface area (Å²) in [5, 5.41) is 7.98. The molecule has 8 nitrogen and oxygen atoms in total. The lowest BCUT2D eigenvalue weighted by Gasteiger charge is -2.11. The first-order valence-corrected chi connectivity index (χ1v) is 7.87. The van der Waals surface area contributed by atoms with Crippen LogP contribution >= 0.6 is 11.3 Å². The molecule has 122 valence electrons. The van der Waals surface area contributed by atoms with Crippen LogP contribution in [0.3, 0.4) is 0 Å². The zero-order valence-corrected chi connectivity index (χ0v) is 13.8. The maximum absolute atomic E-state index is 11.6. The highest BCUT2D eigenvalue weighted by atomic mass is 32.1. The summed E-state index contributed by atoms with van der Waals surface area (Å²) in [4.78, 5) is 36.9. The van der Waals surface area contributed by atoms with Crippen LogP contribution in [0.1, 0.15) is 5.69 Å². The minimum atomic E-state index is -0.298. The van der Waals surface area contributed by atoms with Crippen molar-refractivity contribution in [1.82, 2.24) is 30.5 Å². The van der Waals surface area contributed by atoms with E-state index in [1.807, 2.05) is 5.38 Å². The molecule has 0 aromatic carbocycles. The topological polar surface area (TPSA) is 100 Å². The molecule has 2 N–H and O–H groups in total. The van der Waals surface area contributed by atoms with Crippen LogP contribution in [0.4, 0.5) is 4.79 Å². The summed E-state index contributed by atoms with van der Waals surface area (Å²) in [6, 6.07) is -0.298. The van der Waals surface area contributed by atoms with E-state index in [4.69, 9.17) is 0 Å². The molecule has 0 bridgehead atoms. The fraction of sp³-hybridized carbons (Fsp3) is 0.357. The van der Waals surface area contributed by atoms with Crippen LogP contribution in [-0.2, 0) is 11.2 Å². The molecule has 2 aromatic rings. The van der Waals surface area contributed by atoms with Gasteiger partial charge in [0.2, 0.25) is 5.91 Å². The van der Waals surface area contributed by atoms with Gasteiger partial charge in [0.1, 0.15) is 10.7 Å². The standard InChI is InChI=1S/C14H18N6O2S/c1-20(2)14(22)18-8-12(21)17-4-3-10-9-23-13(19-10)11-7-15-5-6-16-11/h5-7,9H,3-4,8H2,1-2H3,(H,17,21)(H,18,22). The Hall–Kier alpha value is -2.55. The Morgan fingerprint density at radius 3 is 2.78 bits per heavy atom. The Morgan fingerprint density at radius 2 is 2.09 bits per heavy atom. The summed E-state index contributed by atoms with van der Waals surface area (Å²) in [5.74, 6) is -0.232. The number of nitrogens with one attached hydrogen (secondary N) is 2. The summed E-state index contributed by atoms with van der Waals surface area (Å²) in [6.07, 6.45) is 5.52. The Bertz CT molecular complexity index is 658. The molecule has 0 spiro atoms. The van der Waals surface area contributed by atoms with E-state index in [-0.39, 0.29) is 18.5 Å². The maximum Gasteiger partial charge on any atom is 0.317 e. The van der Waals surface area contributed by atoms with Crippen molar-refractivity contribution >= 4 is 23.3 Å². The van der Waals surface area contributed by atoms with Crippen molar-refractivity contribution in [2.75, 3.05) is 27.2 Å². The van der Waals surface area contributed by atoms with Crippen LogP contribution in [0.15, 0.2) is 24.0 Å². The third-order valence-corrected chi connectivity index (χ3v) is 3.76. The molecule has 0 aliphatic rings. The molecule has 0 saturated heterocycles. The Balaban J connectivity index is 1.74. The fourth-order valence-corrected chi connectivity index (χ4v) is 2.47. The highest BCUT2D eigenvalue weighted by molar-refractivity contribution is 7.13. The molecule has 9 heteroatoms. The van der Waals surface area contributed by atoms with Crippen LogP contribution < -0.4 is 10.6 Å². The monoisotopic (exact) mass is 334 g/mol. The van der Waals surface area contributed by atoms with Gasteiger partial charge in [-0.1, -0.05) is 0 Å². The summed E-state index contributed by atoms with van der Waals surface area (Å²) in [6.45, 7) is 0.416. The van der Waals surface area contributed by atoms with Gasteiger partial charge in [0.15, 0.2) is 0 Å². The molecule has 0 aliphatic carbocycles. The van der Waals surface area contributed by atoms with E-state index in [1.165, 1.54) is 16.2 Å². The van der Waals surface area contributed by atoms with Gasteiger partial charge in [0.25, 0.3) is 0 Å². The normalized spacial score (nSPS) is 10.2. The molecular weight excluding hydrogens is 316 g/mol. The predicted molar refractivity (Wildman–Crippen MR) is 86.9 cm³/mol. The highest BCUT2D eigenvalue weighted by Crippen LogP contribution is 2.20. The van der Waals surface area contributed by atoms with Crippen molar-refractivity contribution < 1.29 is 9.59 Å². The van der Waals surface area contributed by atoms with Crippen LogP contribution in [0.25, 0.3) is 10.7 Å². The number of amides is 3. The van der Waals surface area contributed by atoms with E-state index in [1.54, 1.807) is 32.7 Å². The van der Waals surface area contributed by atoms with Crippen molar-refractivity contribution in [1.29, 1.82) is 0 Å². The number of hydrogen-bond acceptors (Lipinski definition) is 6. The van der Waals surface area contributed by atoms with Gasteiger partial charge in [-0.05, 0) is 0 Å². The largest absolute Gasteiger partial charge is 0.354 e. The van der Waals surface area contributed by atoms with Crippen LogP contribution in [-0.4, -0.2) is 59.0 Å². The second-order valence-corrected chi connectivity index (χ2v) is 5.75. The molecule has 23 heavy (non-hydrogen) atoms. The predicted octanol–water partition coefficient (Wildman–Crippen LogP) is 0.530. The van der Waals surface area contributed by atoms with Crippen LogP contribution in [0.5, 0.6) is 0 Å². The number of nitrogens with zero attached hydrogens (tertiary/aromatic N) is 4. The Morgan fingerprint density at radius 1 is 1.26 bits per heavy atom. The van der Waals surface area contributed by atoms with Gasteiger partial charge >= 0.3 is 6.03 Å². The molecule has 0 atom stereocenters. The van der Waals surface area contributed by atoms with Crippen molar-refractivity contribution in [2.45, 2.75) is 6.42 Å². The third kappa shape index (κ3) is 5.29. The van der Waals surface area contributed by atoms with Crippen molar-refractivity contribution in [3.05, 3.63) is 29.7 Å². The number of rotatable bonds is 6. The summed E-state index contributed by atoms with van der Waals surface area (Å²) in [5.41, 5.74) is 1.62. The SMILES string of the molecule is CN(C)C(=O)NCC(=O)NCCc1csc(-c2cnccn2)n1. The number of carbonyl (C=O) groups excluding carboxylic acids is 2. The van der Waals surface area contributed by atoms with E-state index in [0.29, 0.717) is 13.0 Å². The van der Waals surface area contributed by atoms with Gasteiger partial charge in [-0.25, -0.2) is 9.78 Å². The molecule has 2 aromatic heterocycles. The van der Waals surface area contributed by atoms with Gasteiger partial charge in [0, 0.05) is 44.8 Å². The lowest BCUT2D eigenvalue weighted by molar-refractivity contribution is -0.120. The van der Waals surface area contributed by atoms with E-state index in [0.717, 1.165) is 16.4 Å². The second kappa shape index (κ2) is 8.18. The first kappa shape index (κ1) is 16.8. The van der Waals surface area contributed by atoms with E-state index in [9.17, 15) is 9.59 Å². The fourth-order valence-electron chi connectivity index (χ4n) is 1.66. The second-order valence-electron chi connectivity index (χ2n) is 4.89. The van der Waals surface area contributed by atoms with Crippen LogP contribution in [0.2, 0.25) is 0 Å². The minimum absolute atomic E-state index is 0.0427. The molecule has 0 fully saturated rings. The first-order chi connectivity index (χ1) is 11.1. The molecule has 0 aliphatic heterocycles. The number of carbonyl (C=O) groups is 2. The number of urea groups is 1. The van der Waals surface area contributed by atoms with Gasteiger partial charge in [-0.3, -0.25) is 14.8 Å². The average molecular weight is 334 g/mol. The molecule has 0 radical (unpaired) electrons. The molecule has 0 unspecified atom stereocenters. The maximum atomic E-state index is 11.6. The minimum Gasteiger partial charge on any atom is -0.354 e. The zero-order valence-electron chi connectivity index (χ0n) is 12.9. The lowest BCUT2D eigenvalue weighted by Crippen LogP contribution is -2.41. The highest BCUT2D eigenvalue weighted by Gasteiger charge is 2.08. The zero-order chi connectivity index (χ0) is 16.7. The number of thiazole rings is 1. The van der Waals surface area contributed by atoms with E-state index in [2.05, 4.69) is 25.6 Å². The molecule has 2 heterocycles. The molecule has 2 rings (SSSR count). The van der Waals surface area contributed by atoms with E-state index >= 15 is 0 Å².